The summed E-state index contributed by atoms with van der Waals surface area (Å²) in [6.45, 7) is 1.43. The van der Waals surface area contributed by atoms with Crippen molar-refractivity contribution in [3.63, 3.8) is 0 Å². The molecule has 2 atom stereocenters. The van der Waals surface area contributed by atoms with Gasteiger partial charge < -0.3 is 4.74 Å². The van der Waals surface area contributed by atoms with Gasteiger partial charge in [0.1, 0.15) is 12.2 Å². The van der Waals surface area contributed by atoms with Crippen molar-refractivity contribution in [1.29, 1.82) is 5.26 Å². The number of piperazine rings is 1. The summed E-state index contributed by atoms with van der Waals surface area (Å²) in [5.41, 5.74) is -0.567. The van der Waals surface area contributed by atoms with Gasteiger partial charge in [-0.1, -0.05) is 6.07 Å². The van der Waals surface area contributed by atoms with E-state index in [1.165, 1.54) is 16.6 Å². The predicted octanol–water partition coefficient (Wildman–Crippen LogP) is 2.50. The number of halogens is 3. The smallest absolute Gasteiger partial charge is 0.416 e. The van der Waals surface area contributed by atoms with Gasteiger partial charge in [0.05, 0.1) is 16.0 Å². The Hall–Kier alpha value is -2.68. The molecular weight excluding hydrogens is 433 g/mol. The topological polar surface area (TPSA) is 86.5 Å². The maximum Gasteiger partial charge on any atom is 0.416 e. The molecule has 2 aliphatic heterocycles. The molecule has 0 N–H and O–H groups in total. The van der Waals surface area contributed by atoms with Crippen LogP contribution in [0.4, 0.5) is 13.2 Å². The van der Waals surface area contributed by atoms with Gasteiger partial charge >= 0.3 is 6.18 Å². The van der Waals surface area contributed by atoms with Crippen molar-refractivity contribution in [2.75, 3.05) is 26.2 Å². The standard InChI is InChI=1S/C20H19F3N4O3S/c21-20(22,23)15-2-1-3-18(8-15)31(28,29)27-7-6-26-13-17(9-16(26)12-27)30-19-5-4-14(10-24)11-25-19/h1-5,8,11,16-17H,6-7,9,12-13H2/t16-,17+/m0/s1. The van der Waals surface area contributed by atoms with Crippen LogP contribution in [0.25, 0.3) is 0 Å². The fourth-order valence-electron chi connectivity index (χ4n) is 3.94. The predicted molar refractivity (Wildman–Crippen MR) is 104 cm³/mol. The number of pyridine rings is 1. The molecule has 11 heteroatoms. The largest absolute Gasteiger partial charge is 0.473 e. The van der Waals surface area contributed by atoms with Crippen molar-refractivity contribution < 1.29 is 26.3 Å². The van der Waals surface area contributed by atoms with E-state index >= 15 is 0 Å². The summed E-state index contributed by atoms with van der Waals surface area (Å²) in [7, 11) is -4.04. The maximum absolute atomic E-state index is 13.0. The molecule has 2 aliphatic rings. The quantitative estimate of drug-likeness (QED) is 0.709. The molecule has 1 aromatic carbocycles. The van der Waals surface area contributed by atoms with Gasteiger partial charge in [-0.15, -0.1) is 0 Å². The zero-order chi connectivity index (χ0) is 22.2. The van der Waals surface area contributed by atoms with Gasteiger partial charge in [-0.3, -0.25) is 4.90 Å². The van der Waals surface area contributed by atoms with E-state index in [0.29, 0.717) is 37.0 Å². The monoisotopic (exact) mass is 452 g/mol. The lowest BCUT2D eigenvalue weighted by Crippen LogP contribution is -2.51. The fraction of sp³-hybridized carbons (Fsp3) is 0.400. The number of nitriles is 1. The summed E-state index contributed by atoms with van der Waals surface area (Å²) in [6, 6.07) is 8.93. The zero-order valence-corrected chi connectivity index (χ0v) is 17.1. The summed E-state index contributed by atoms with van der Waals surface area (Å²) < 4.78 is 72.0. The van der Waals surface area contributed by atoms with Crippen molar-refractivity contribution in [2.45, 2.75) is 29.6 Å². The van der Waals surface area contributed by atoms with Gasteiger partial charge in [-0.25, -0.2) is 13.4 Å². The van der Waals surface area contributed by atoms with Crippen LogP contribution in [-0.4, -0.2) is 60.9 Å². The average molecular weight is 452 g/mol. The minimum absolute atomic E-state index is 0.0993. The van der Waals surface area contributed by atoms with E-state index in [2.05, 4.69) is 9.88 Å². The van der Waals surface area contributed by atoms with Crippen molar-refractivity contribution in [2.24, 2.45) is 0 Å². The lowest BCUT2D eigenvalue weighted by molar-refractivity contribution is -0.137. The first-order valence-corrected chi connectivity index (χ1v) is 11.0. The van der Waals surface area contributed by atoms with Gasteiger partial charge in [0.25, 0.3) is 0 Å². The Bertz CT molecular complexity index is 1100. The third-order valence-corrected chi connectivity index (χ3v) is 7.35. The van der Waals surface area contributed by atoms with Gasteiger partial charge in [0.15, 0.2) is 0 Å². The average Bonchev–Trinajstić information content (AvgIpc) is 3.15. The molecule has 0 bridgehead atoms. The summed E-state index contributed by atoms with van der Waals surface area (Å²) in [5, 5.41) is 8.83. The number of aromatic nitrogens is 1. The second kappa shape index (κ2) is 8.11. The summed E-state index contributed by atoms with van der Waals surface area (Å²) in [5.74, 6) is 0.386. The van der Waals surface area contributed by atoms with E-state index < -0.39 is 21.8 Å². The molecule has 7 nitrogen and oxygen atoms in total. The second-order valence-corrected chi connectivity index (χ2v) is 9.45. The van der Waals surface area contributed by atoms with Gasteiger partial charge in [0, 0.05) is 50.9 Å². The van der Waals surface area contributed by atoms with Crippen molar-refractivity contribution in [3.05, 3.63) is 53.7 Å². The number of nitrogens with zero attached hydrogens (tertiary/aromatic N) is 4. The molecule has 1 aromatic heterocycles. The molecule has 2 saturated heterocycles. The van der Waals surface area contributed by atoms with Crippen LogP contribution in [0.5, 0.6) is 5.88 Å². The van der Waals surface area contributed by atoms with E-state index in [9.17, 15) is 21.6 Å². The molecule has 0 aliphatic carbocycles. The number of sulfonamides is 1. The molecular formula is C20H19F3N4O3S. The highest BCUT2D eigenvalue weighted by Crippen LogP contribution is 2.32. The van der Waals surface area contributed by atoms with E-state index in [1.807, 2.05) is 6.07 Å². The van der Waals surface area contributed by atoms with Crippen LogP contribution >= 0.6 is 0 Å². The van der Waals surface area contributed by atoms with E-state index in [1.54, 1.807) is 12.1 Å². The Balaban J connectivity index is 1.44. The van der Waals surface area contributed by atoms with Crippen LogP contribution in [0, 0.1) is 11.3 Å². The normalized spacial score (nSPS) is 22.6. The molecule has 2 aromatic rings. The molecule has 0 radical (unpaired) electrons. The van der Waals surface area contributed by atoms with Crippen LogP contribution in [-0.2, 0) is 16.2 Å². The van der Waals surface area contributed by atoms with E-state index in [0.717, 1.165) is 12.1 Å². The molecule has 2 fully saturated rings. The molecule has 4 rings (SSSR count). The first-order chi connectivity index (χ1) is 14.7. The van der Waals surface area contributed by atoms with E-state index in [4.69, 9.17) is 10.00 Å². The Kier molecular flexibility index (Phi) is 5.63. The molecule has 0 saturated carbocycles. The van der Waals surface area contributed by atoms with Gasteiger partial charge in [-0.05, 0) is 24.3 Å². The first-order valence-electron chi connectivity index (χ1n) is 9.61. The first kappa shape index (κ1) is 21.5. The fourth-order valence-corrected chi connectivity index (χ4v) is 5.46. The number of hydrogen-bond acceptors (Lipinski definition) is 6. The summed E-state index contributed by atoms with van der Waals surface area (Å²) in [6.07, 6.45) is -2.82. The van der Waals surface area contributed by atoms with Gasteiger partial charge in [0.2, 0.25) is 15.9 Å². The Morgan fingerprint density at radius 2 is 1.97 bits per heavy atom. The SMILES string of the molecule is N#Cc1ccc(O[C@@H]2C[C@H]3CN(S(=O)(=O)c4cccc(C(F)(F)F)c4)CCN3C2)nc1. The maximum atomic E-state index is 13.0. The highest BCUT2D eigenvalue weighted by Gasteiger charge is 2.41. The summed E-state index contributed by atoms with van der Waals surface area (Å²) >= 11 is 0. The molecule has 0 unspecified atom stereocenters. The van der Waals surface area contributed by atoms with Gasteiger partial charge in [-0.2, -0.15) is 22.7 Å². The number of ether oxygens (including phenoxy) is 1. The third kappa shape index (κ3) is 4.51. The van der Waals surface area contributed by atoms with Crippen molar-refractivity contribution in [1.82, 2.24) is 14.2 Å². The summed E-state index contributed by atoms with van der Waals surface area (Å²) in [4.78, 5) is 5.85. The molecule has 0 spiro atoms. The third-order valence-electron chi connectivity index (χ3n) is 5.49. The van der Waals surface area contributed by atoms with Crippen molar-refractivity contribution >= 4 is 10.0 Å². The number of fused-ring (bicyclic) bond motifs is 1. The molecule has 3 heterocycles. The lowest BCUT2D eigenvalue weighted by atomic mass is 10.2. The van der Waals surface area contributed by atoms with Crippen LogP contribution in [0.3, 0.4) is 0 Å². The number of rotatable bonds is 4. The number of alkyl halides is 3. The highest BCUT2D eigenvalue weighted by molar-refractivity contribution is 7.89. The minimum Gasteiger partial charge on any atom is -0.473 e. The Morgan fingerprint density at radius 1 is 1.16 bits per heavy atom. The van der Waals surface area contributed by atoms with Crippen LogP contribution in [0.2, 0.25) is 0 Å². The Labute approximate surface area is 177 Å². The molecule has 0 amide bonds. The van der Waals surface area contributed by atoms with Crippen LogP contribution < -0.4 is 4.74 Å². The molecule has 31 heavy (non-hydrogen) atoms. The zero-order valence-electron chi connectivity index (χ0n) is 16.3. The van der Waals surface area contributed by atoms with E-state index in [-0.39, 0.29) is 30.1 Å². The lowest BCUT2D eigenvalue weighted by Gasteiger charge is -2.36. The molecule has 164 valence electrons. The second-order valence-electron chi connectivity index (χ2n) is 7.51. The van der Waals surface area contributed by atoms with Crippen molar-refractivity contribution in [3.8, 4) is 11.9 Å². The van der Waals surface area contributed by atoms with Crippen LogP contribution in [0.1, 0.15) is 17.5 Å². The number of hydrogen-bond donors (Lipinski definition) is 0. The minimum atomic E-state index is -4.61. The Morgan fingerprint density at radius 3 is 2.65 bits per heavy atom. The van der Waals surface area contributed by atoms with Crippen LogP contribution in [0.15, 0.2) is 47.5 Å². The highest BCUT2D eigenvalue weighted by atomic mass is 32.2. The number of benzene rings is 1.